The SMILES string of the molecule is C=C(CC)c1oc(C)nc1-c1ccc2c(c1)OC(F)(F)O2. The van der Waals surface area contributed by atoms with Crippen LogP contribution in [0.1, 0.15) is 25.0 Å². The van der Waals surface area contributed by atoms with Crippen molar-refractivity contribution in [2.45, 2.75) is 26.6 Å². The van der Waals surface area contributed by atoms with Gasteiger partial charge in [-0.3, -0.25) is 0 Å². The summed E-state index contributed by atoms with van der Waals surface area (Å²) in [5.41, 5.74) is 1.95. The van der Waals surface area contributed by atoms with Crippen LogP contribution in [0.2, 0.25) is 0 Å². The Labute approximate surface area is 120 Å². The van der Waals surface area contributed by atoms with Crippen LogP contribution in [0.25, 0.3) is 16.8 Å². The summed E-state index contributed by atoms with van der Waals surface area (Å²) in [6, 6.07) is 4.52. The third kappa shape index (κ3) is 2.37. The Balaban J connectivity index is 2.05. The van der Waals surface area contributed by atoms with Crippen LogP contribution in [0, 0.1) is 6.92 Å². The molecule has 6 heteroatoms. The molecule has 0 atom stereocenters. The van der Waals surface area contributed by atoms with Gasteiger partial charge in [0.1, 0.15) is 5.69 Å². The molecule has 2 heterocycles. The van der Waals surface area contributed by atoms with Crippen LogP contribution in [-0.4, -0.2) is 11.3 Å². The predicted octanol–water partition coefficient (Wildman–Crippen LogP) is 4.39. The Morgan fingerprint density at radius 2 is 2.00 bits per heavy atom. The maximum absolute atomic E-state index is 13.0. The number of hydrogen-bond acceptors (Lipinski definition) is 4. The third-order valence-corrected chi connectivity index (χ3v) is 3.16. The third-order valence-electron chi connectivity index (χ3n) is 3.16. The quantitative estimate of drug-likeness (QED) is 0.841. The molecule has 1 aromatic heterocycles. The number of alkyl halides is 2. The number of aryl methyl sites for hydroxylation is 1. The van der Waals surface area contributed by atoms with Crippen LogP contribution in [-0.2, 0) is 0 Å². The van der Waals surface area contributed by atoms with E-state index in [-0.39, 0.29) is 11.5 Å². The molecule has 0 unspecified atom stereocenters. The van der Waals surface area contributed by atoms with Gasteiger partial charge in [0.25, 0.3) is 0 Å². The highest BCUT2D eigenvalue weighted by Gasteiger charge is 2.43. The van der Waals surface area contributed by atoms with Crippen LogP contribution >= 0.6 is 0 Å². The summed E-state index contributed by atoms with van der Waals surface area (Å²) >= 11 is 0. The predicted molar refractivity (Wildman–Crippen MR) is 72.2 cm³/mol. The lowest BCUT2D eigenvalue weighted by Gasteiger charge is -2.04. The smallest absolute Gasteiger partial charge is 0.441 e. The van der Waals surface area contributed by atoms with Crippen molar-refractivity contribution in [3.8, 4) is 22.8 Å². The van der Waals surface area contributed by atoms with E-state index in [1.807, 2.05) is 6.92 Å². The molecule has 0 amide bonds. The molecule has 0 spiro atoms. The average molecular weight is 293 g/mol. The summed E-state index contributed by atoms with van der Waals surface area (Å²) in [4.78, 5) is 4.30. The fourth-order valence-electron chi connectivity index (χ4n) is 2.12. The van der Waals surface area contributed by atoms with Gasteiger partial charge < -0.3 is 13.9 Å². The van der Waals surface area contributed by atoms with E-state index in [0.29, 0.717) is 29.3 Å². The van der Waals surface area contributed by atoms with Gasteiger partial charge in [-0.25, -0.2) is 4.98 Å². The van der Waals surface area contributed by atoms with Gasteiger partial charge >= 0.3 is 6.29 Å². The first-order valence-electron chi connectivity index (χ1n) is 6.45. The summed E-state index contributed by atoms with van der Waals surface area (Å²) in [5, 5.41) is 0. The second kappa shape index (κ2) is 4.58. The molecule has 1 aromatic carbocycles. The van der Waals surface area contributed by atoms with E-state index in [1.54, 1.807) is 13.0 Å². The van der Waals surface area contributed by atoms with Gasteiger partial charge in [0.15, 0.2) is 23.1 Å². The van der Waals surface area contributed by atoms with Crippen LogP contribution < -0.4 is 9.47 Å². The van der Waals surface area contributed by atoms with Crippen molar-refractivity contribution in [2.24, 2.45) is 0 Å². The Hall–Kier alpha value is -2.37. The molecule has 0 aliphatic carbocycles. The van der Waals surface area contributed by atoms with E-state index in [0.717, 1.165) is 5.57 Å². The van der Waals surface area contributed by atoms with Gasteiger partial charge in [-0.15, -0.1) is 8.78 Å². The molecule has 0 saturated carbocycles. The Kier molecular flexibility index (Phi) is 2.97. The van der Waals surface area contributed by atoms with Crippen molar-refractivity contribution < 1.29 is 22.7 Å². The second-order valence-corrected chi connectivity index (χ2v) is 4.70. The number of oxazole rings is 1. The Morgan fingerprint density at radius 1 is 1.29 bits per heavy atom. The van der Waals surface area contributed by atoms with Crippen molar-refractivity contribution in [3.63, 3.8) is 0 Å². The minimum Gasteiger partial charge on any atom is -0.441 e. The zero-order valence-corrected chi connectivity index (χ0v) is 11.6. The van der Waals surface area contributed by atoms with Crippen molar-refractivity contribution in [1.82, 2.24) is 4.98 Å². The first-order chi connectivity index (χ1) is 9.89. The molecule has 0 N–H and O–H groups in total. The number of halogens is 2. The minimum absolute atomic E-state index is 0.000153. The Morgan fingerprint density at radius 3 is 2.71 bits per heavy atom. The number of rotatable bonds is 3. The molecular weight excluding hydrogens is 280 g/mol. The Bertz CT molecular complexity index is 722. The van der Waals surface area contributed by atoms with Gasteiger partial charge in [0.2, 0.25) is 0 Å². The summed E-state index contributed by atoms with van der Waals surface area (Å²) in [6.07, 6.45) is -2.93. The van der Waals surface area contributed by atoms with E-state index in [9.17, 15) is 8.78 Å². The highest BCUT2D eigenvalue weighted by molar-refractivity contribution is 5.76. The second-order valence-electron chi connectivity index (χ2n) is 4.70. The van der Waals surface area contributed by atoms with Crippen LogP contribution in [0.4, 0.5) is 8.78 Å². The van der Waals surface area contributed by atoms with Gasteiger partial charge in [-0.2, -0.15) is 0 Å². The largest absolute Gasteiger partial charge is 0.586 e. The van der Waals surface area contributed by atoms with Crippen LogP contribution in [0.15, 0.2) is 29.2 Å². The number of nitrogens with zero attached hydrogens (tertiary/aromatic N) is 1. The van der Waals surface area contributed by atoms with Gasteiger partial charge in [0.05, 0.1) is 0 Å². The van der Waals surface area contributed by atoms with Crippen LogP contribution in [0.3, 0.4) is 0 Å². The molecule has 2 aromatic rings. The molecule has 0 fully saturated rings. The summed E-state index contributed by atoms with van der Waals surface area (Å²) in [5.74, 6) is 1.02. The molecule has 0 saturated heterocycles. The summed E-state index contributed by atoms with van der Waals surface area (Å²) in [6.45, 7) is 7.60. The first kappa shape index (κ1) is 13.6. The maximum Gasteiger partial charge on any atom is 0.586 e. The zero-order chi connectivity index (χ0) is 15.2. The first-order valence-corrected chi connectivity index (χ1v) is 6.45. The molecule has 3 rings (SSSR count). The van der Waals surface area contributed by atoms with E-state index in [1.165, 1.54) is 12.1 Å². The molecule has 1 aliphatic heterocycles. The van der Waals surface area contributed by atoms with Gasteiger partial charge in [-0.1, -0.05) is 13.5 Å². The molecule has 21 heavy (non-hydrogen) atoms. The lowest BCUT2D eigenvalue weighted by atomic mass is 10.1. The molecule has 0 radical (unpaired) electrons. The number of fused-ring (bicyclic) bond motifs is 1. The molecule has 1 aliphatic rings. The van der Waals surface area contributed by atoms with Crippen molar-refractivity contribution in [1.29, 1.82) is 0 Å². The van der Waals surface area contributed by atoms with Crippen molar-refractivity contribution in [3.05, 3.63) is 36.4 Å². The molecule has 110 valence electrons. The van der Waals surface area contributed by atoms with E-state index in [4.69, 9.17) is 4.42 Å². The molecular formula is C15H13F2NO3. The zero-order valence-electron chi connectivity index (χ0n) is 11.6. The lowest BCUT2D eigenvalue weighted by molar-refractivity contribution is -0.286. The number of aromatic nitrogens is 1. The van der Waals surface area contributed by atoms with E-state index >= 15 is 0 Å². The molecule has 0 bridgehead atoms. The van der Waals surface area contributed by atoms with Crippen molar-refractivity contribution in [2.75, 3.05) is 0 Å². The summed E-state index contributed by atoms with van der Waals surface area (Å²) < 4.78 is 40.5. The number of allylic oxidation sites excluding steroid dienone is 1. The number of benzene rings is 1. The molecule has 4 nitrogen and oxygen atoms in total. The normalized spacial score (nSPS) is 15.2. The van der Waals surface area contributed by atoms with Gasteiger partial charge in [-0.05, 0) is 30.2 Å². The maximum atomic E-state index is 13.0. The number of hydrogen-bond donors (Lipinski definition) is 0. The topological polar surface area (TPSA) is 44.5 Å². The number of ether oxygens (including phenoxy) is 2. The fourth-order valence-corrected chi connectivity index (χ4v) is 2.12. The van der Waals surface area contributed by atoms with Crippen molar-refractivity contribution >= 4 is 5.57 Å². The minimum atomic E-state index is -3.63. The monoisotopic (exact) mass is 293 g/mol. The summed E-state index contributed by atoms with van der Waals surface area (Å²) in [7, 11) is 0. The highest BCUT2D eigenvalue weighted by Crippen LogP contribution is 2.43. The highest BCUT2D eigenvalue weighted by atomic mass is 19.3. The standard InChI is InChI=1S/C15H13F2NO3/c1-4-8(2)14-13(18-9(3)19-14)10-5-6-11-12(7-10)21-15(16,17)20-11/h5-7H,2,4H2,1,3H3. The van der Waals surface area contributed by atoms with E-state index < -0.39 is 6.29 Å². The lowest BCUT2D eigenvalue weighted by Crippen LogP contribution is -2.25. The fraction of sp³-hybridized carbons (Fsp3) is 0.267. The van der Waals surface area contributed by atoms with Gasteiger partial charge in [0, 0.05) is 12.5 Å². The van der Waals surface area contributed by atoms with E-state index in [2.05, 4.69) is 21.0 Å². The van der Waals surface area contributed by atoms with Crippen LogP contribution in [0.5, 0.6) is 11.5 Å². The average Bonchev–Trinajstić information content (AvgIpc) is 2.95.